The summed E-state index contributed by atoms with van der Waals surface area (Å²) in [4.78, 5) is 12.4. The zero-order valence-electron chi connectivity index (χ0n) is 14.2. The lowest BCUT2D eigenvalue weighted by molar-refractivity contribution is -0.274. The summed E-state index contributed by atoms with van der Waals surface area (Å²) in [6, 6.07) is 11.7. The first-order chi connectivity index (χ1) is 12.1. The van der Waals surface area contributed by atoms with Crippen molar-refractivity contribution >= 4 is 16.7 Å². The Labute approximate surface area is 151 Å². The topological polar surface area (TPSA) is 55.4 Å². The minimum Gasteiger partial charge on any atom is -0.406 e. The van der Waals surface area contributed by atoms with E-state index < -0.39 is 23.2 Å². The molecular weight excluding hydrogens is 367 g/mol. The van der Waals surface area contributed by atoms with Gasteiger partial charge in [0.25, 0.3) is 5.91 Å². The van der Waals surface area contributed by atoms with Crippen molar-refractivity contribution < 1.29 is 26.9 Å². The maximum absolute atomic E-state index is 12.4. The fourth-order valence-corrected chi connectivity index (χ4v) is 3.01. The molecule has 8 heteroatoms. The van der Waals surface area contributed by atoms with Crippen LogP contribution in [-0.2, 0) is 16.6 Å². The van der Waals surface area contributed by atoms with E-state index in [-0.39, 0.29) is 11.7 Å². The smallest absolute Gasteiger partial charge is 0.406 e. The van der Waals surface area contributed by atoms with E-state index in [1.807, 2.05) is 0 Å². The van der Waals surface area contributed by atoms with Gasteiger partial charge in [0, 0.05) is 28.4 Å². The molecule has 4 nitrogen and oxygen atoms in total. The number of ether oxygens (including phenoxy) is 1. The summed E-state index contributed by atoms with van der Waals surface area (Å²) in [5, 5.41) is 2.78. The third kappa shape index (κ3) is 6.18. The molecule has 2 atom stereocenters. The molecule has 0 spiro atoms. The van der Waals surface area contributed by atoms with Crippen LogP contribution in [0.2, 0.25) is 0 Å². The van der Waals surface area contributed by atoms with Gasteiger partial charge in [-0.25, -0.2) is 0 Å². The monoisotopic (exact) mass is 385 g/mol. The van der Waals surface area contributed by atoms with Crippen molar-refractivity contribution in [1.82, 2.24) is 5.32 Å². The van der Waals surface area contributed by atoms with Gasteiger partial charge in [0.15, 0.2) is 0 Å². The molecule has 0 aromatic heterocycles. The largest absolute Gasteiger partial charge is 0.573 e. The van der Waals surface area contributed by atoms with Crippen LogP contribution in [0.25, 0.3) is 0 Å². The number of hydrogen-bond acceptors (Lipinski definition) is 3. The first-order valence-electron chi connectivity index (χ1n) is 7.69. The average molecular weight is 385 g/mol. The molecule has 0 aliphatic rings. The quantitative estimate of drug-likeness (QED) is 0.819. The highest BCUT2D eigenvalue weighted by Crippen LogP contribution is 2.24. The number of hydrogen-bond donors (Lipinski definition) is 1. The van der Waals surface area contributed by atoms with Crippen LogP contribution in [0.15, 0.2) is 48.5 Å². The number of benzene rings is 2. The molecule has 140 valence electrons. The summed E-state index contributed by atoms with van der Waals surface area (Å²) in [5.41, 5.74) is 1.86. The molecule has 2 rings (SSSR count). The van der Waals surface area contributed by atoms with Gasteiger partial charge in [-0.05, 0) is 42.3 Å². The second-order valence-corrected chi connectivity index (χ2v) is 7.16. The number of nitrogens with one attached hydrogen (secondary N) is 1. The molecule has 0 fully saturated rings. The highest BCUT2D eigenvalue weighted by molar-refractivity contribution is 7.83. The standard InChI is InChI=1S/C18H18F3NO3S/c1-12(14-6-8-16(9-7-14)25-18(19,20)21)22-17(23)15-5-3-4-13(10-15)11-26(2)24/h3-10,12H,11H2,1-2H3,(H,22,23)/t12-,26-/m1/s1. The number of carbonyl (C=O) groups is 1. The highest BCUT2D eigenvalue weighted by Gasteiger charge is 2.31. The van der Waals surface area contributed by atoms with E-state index in [9.17, 15) is 22.2 Å². The second-order valence-electron chi connectivity index (χ2n) is 5.73. The molecule has 2 aromatic rings. The van der Waals surface area contributed by atoms with Gasteiger partial charge in [0.1, 0.15) is 5.75 Å². The van der Waals surface area contributed by atoms with Gasteiger partial charge in [0.05, 0.1) is 6.04 Å². The van der Waals surface area contributed by atoms with E-state index in [4.69, 9.17) is 0 Å². The van der Waals surface area contributed by atoms with Gasteiger partial charge < -0.3 is 10.1 Å². The molecule has 1 N–H and O–H groups in total. The van der Waals surface area contributed by atoms with Crippen LogP contribution >= 0.6 is 0 Å². The fourth-order valence-electron chi connectivity index (χ4n) is 2.36. The van der Waals surface area contributed by atoms with Crippen LogP contribution in [-0.4, -0.2) is 22.7 Å². The lowest BCUT2D eigenvalue weighted by Gasteiger charge is -2.16. The van der Waals surface area contributed by atoms with Crippen molar-refractivity contribution in [2.24, 2.45) is 0 Å². The van der Waals surface area contributed by atoms with Crippen LogP contribution in [0.1, 0.15) is 34.5 Å². The molecule has 0 saturated heterocycles. The summed E-state index contributed by atoms with van der Waals surface area (Å²) in [5.74, 6) is -0.283. The van der Waals surface area contributed by atoms with Crippen molar-refractivity contribution in [2.75, 3.05) is 6.26 Å². The Morgan fingerprint density at radius 2 is 1.85 bits per heavy atom. The minimum absolute atomic E-state index is 0.319. The first kappa shape index (κ1) is 20.0. The predicted octanol–water partition coefficient (Wildman–Crippen LogP) is 3.95. The van der Waals surface area contributed by atoms with Crippen LogP contribution in [0.3, 0.4) is 0 Å². The summed E-state index contributed by atoms with van der Waals surface area (Å²) >= 11 is 0. The Morgan fingerprint density at radius 1 is 1.19 bits per heavy atom. The first-order valence-corrected chi connectivity index (χ1v) is 9.42. The Kier molecular flexibility index (Phi) is 6.42. The third-order valence-electron chi connectivity index (χ3n) is 3.52. The molecule has 0 saturated carbocycles. The fraction of sp³-hybridized carbons (Fsp3) is 0.278. The summed E-state index contributed by atoms with van der Waals surface area (Å²) in [6.45, 7) is 1.72. The van der Waals surface area contributed by atoms with Gasteiger partial charge in [-0.2, -0.15) is 0 Å². The van der Waals surface area contributed by atoms with Gasteiger partial charge in [-0.1, -0.05) is 24.3 Å². The van der Waals surface area contributed by atoms with Crippen molar-refractivity contribution in [1.29, 1.82) is 0 Å². The van der Waals surface area contributed by atoms with E-state index >= 15 is 0 Å². The minimum atomic E-state index is -4.74. The molecule has 0 aliphatic carbocycles. The Hall–Kier alpha value is -2.35. The maximum atomic E-state index is 12.4. The molecular formula is C18H18F3NO3S. The number of rotatable bonds is 6. The predicted molar refractivity (Wildman–Crippen MR) is 93.2 cm³/mol. The summed E-state index contributed by atoms with van der Waals surface area (Å²) in [6.07, 6.45) is -3.16. The zero-order chi connectivity index (χ0) is 19.3. The van der Waals surface area contributed by atoms with Crippen LogP contribution in [0.5, 0.6) is 5.75 Å². The lowest BCUT2D eigenvalue weighted by atomic mass is 10.1. The molecule has 1 amide bonds. The van der Waals surface area contributed by atoms with E-state index in [1.165, 1.54) is 24.3 Å². The molecule has 0 aliphatic heterocycles. The van der Waals surface area contributed by atoms with Crippen molar-refractivity contribution in [3.05, 3.63) is 65.2 Å². The van der Waals surface area contributed by atoms with Crippen LogP contribution < -0.4 is 10.1 Å². The van der Waals surface area contributed by atoms with E-state index in [1.54, 1.807) is 37.4 Å². The number of halogens is 3. The van der Waals surface area contributed by atoms with Crippen LogP contribution in [0, 0.1) is 0 Å². The van der Waals surface area contributed by atoms with E-state index in [0.29, 0.717) is 16.9 Å². The normalized spacial score (nSPS) is 13.7. The Balaban J connectivity index is 2.03. The number of amides is 1. The molecule has 0 unspecified atom stereocenters. The molecule has 2 aromatic carbocycles. The lowest BCUT2D eigenvalue weighted by Crippen LogP contribution is -2.26. The van der Waals surface area contributed by atoms with Gasteiger partial charge in [0.2, 0.25) is 0 Å². The SMILES string of the molecule is C[C@@H](NC(=O)c1cccc(C[S@@](C)=O)c1)c1ccc(OC(F)(F)F)cc1. The van der Waals surface area contributed by atoms with E-state index in [0.717, 1.165) is 5.56 Å². The molecule has 0 bridgehead atoms. The third-order valence-corrected chi connectivity index (χ3v) is 4.26. The van der Waals surface area contributed by atoms with Crippen molar-refractivity contribution in [2.45, 2.75) is 25.1 Å². The number of alkyl halides is 3. The number of carbonyl (C=O) groups excluding carboxylic acids is 1. The summed E-state index contributed by atoms with van der Waals surface area (Å²) < 4.78 is 51.6. The van der Waals surface area contributed by atoms with Crippen molar-refractivity contribution in [3.8, 4) is 5.75 Å². The zero-order valence-corrected chi connectivity index (χ0v) is 15.0. The van der Waals surface area contributed by atoms with E-state index in [2.05, 4.69) is 10.1 Å². The Morgan fingerprint density at radius 3 is 2.42 bits per heavy atom. The van der Waals surface area contributed by atoms with Gasteiger partial charge in [-0.3, -0.25) is 9.00 Å². The Bertz CT molecular complexity index is 791. The van der Waals surface area contributed by atoms with Gasteiger partial charge in [-0.15, -0.1) is 13.2 Å². The summed E-state index contributed by atoms with van der Waals surface area (Å²) in [7, 11) is -1.01. The average Bonchev–Trinajstić information content (AvgIpc) is 2.53. The van der Waals surface area contributed by atoms with Crippen LogP contribution in [0.4, 0.5) is 13.2 Å². The second kappa shape index (κ2) is 8.35. The molecule has 0 heterocycles. The highest BCUT2D eigenvalue weighted by atomic mass is 32.2. The molecule has 0 radical (unpaired) electrons. The molecule has 26 heavy (non-hydrogen) atoms. The van der Waals surface area contributed by atoms with Gasteiger partial charge >= 0.3 is 6.36 Å². The van der Waals surface area contributed by atoms with Crippen molar-refractivity contribution in [3.63, 3.8) is 0 Å². The maximum Gasteiger partial charge on any atom is 0.573 e.